The number of hydrogen-bond donors (Lipinski definition) is 2. The highest BCUT2D eigenvalue weighted by Gasteiger charge is 2.11. The van der Waals surface area contributed by atoms with Crippen LogP contribution in [0.25, 0.3) is 0 Å². The van der Waals surface area contributed by atoms with Gasteiger partial charge in [-0.3, -0.25) is 0 Å². The lowest BCUT2D eigenvalue weighted by atomic mass is 10.2. The quantitative estimate of drug-likeness (QED) is 0.613. The van der Waals surface area contributed by atoms with Crippen molar-refractivity contribution in [3.8, 4) is 11.5 Å². The molecule has 0 fully saturated rings. The van der Waals surface area contributed by atoms with Gasteiger partial charge in [0.05, 0.1) is 39.3 Å². The molecule has 26 heavy (non-hydrogen) atoms. The van der Waals surface area contributed by atoms with Gasteiger partial charge in [0.15, 0.2) is 11.5 Å². The number of nitrogens with two attached hydrogens (primary N) is 1. The molecule has 2 aromatic carbocycles. The number of quaternary nitrogens is 2. The minimum atomic E-state index is -0.373. The SMILES string of the molecule is COc1cc(C[NH2+]CCC[NH+](C)C)ccc1OCc1c(F)cccc1Cl. The van der Waals surface area contributed by atoms with E-state index >= 15 is 0 Å². The first-order valence-electron chi connectivity index (χ1n) is 8.84. The maximum atomic E-state index is 13.9. The van der Waals surface area contributed by atoms with E-state index in [1.54, 1.807) is 19.2 Å². The normalized spacial score (nSPS) is 11.0. The second-order valence-corrected chi connectivity index (χ2v) is 6.97. The van der Waals surface area contributed by atoms with Gasteiger partial charge in [-0.05, 0) is 30.3 Å². The molecule has 0 unspecified atom stereocenters. The fourth-order valence-electron chi connectivity index (χ4n) is 2.65. The van der Waals surface area contributed by atoms with E-state index in [4.69, 9.17) is 21.1 Å². The average Bonchev–Trinajstić information content (AvgIpc) is 2.61. The molecular formula is C20H28ClFN2O2+2. The Morgan fingerprint density at radius 1 is 1.15 bits per heavy atom. The van der Waals surface area contributed by atoms with Gasteiger partial charge in [0, 0.05) is 17.5 Å². The number of halogens is 2. The molecule has 0 saturated carbocycles. The van der Waals surface area contributed by atoms with Crippen LogP contribution in [-0.4, -0.2) is 34.3 Å². The molecule has 142 valence electrons. The van der Waals surface area contributed by atoms with E-state index in [-0.39, 0.29) is 12.4 Å². The van der Waals surface area contributed by atoms with E-state index < -0.39 is 0 Å². The second-order valence-electron chi connectivity index (χ2n) is 6.57. The maximum Gasteiger partial charge on any atom is 0.161 e. The van der Waals surface area contributed by atoms with Crippen LogP contribution in [0.4, 0.5) is 4.39 Å². The standard InChI is InChI=1S/C20H26ClFN2O2/c1-24(2)11-5-10-23-13-15-8-9-19(20(12-15)25-3)26-14-16-17(21)6-4-7-18(16)22/h4,6-9,12,23H,5,10-11,13-14H2,1-3H3/p+2. The van der Waals surface area contributed by atoms with Gasteiger partial charge in [-0.1, -0.05) is 17.7 Å². The summed E-state index contributed by atoms with van der Waals surface area (Å²) in [6.07, 6.45) is 1.18. The number of nitrogens with one attached hydrogen (secondary N) is 1. The summed E-state index contributed by atoms with van der Waals surface area (Å²) in [6, 6.07) is 10.4. The van der Waals surface area contributed by atoms with Crippen LogP contribution in [0.2, 0.25) is 5.02 Å². The van der Waals surface area contributed by atoms with E-state index in [1.165, 1.54) is 23.9 Å². The molecule has 0 spiro atoms. The fraction of sp³-hybridized carbons (Fsp3) is 0.400. The van der Waals surface area contributed by atoms with Crippen molar-refractivity contribution < 1.29 is 24.1 Å². The van der Waals surface area contributed by atoms with E-state index in [9.17, 15) is 4.39 Å². The summed E-state index contributed by atoms with van der Waals surface area (Å²) in [5, 5.41) is 2.65. The van der Waals surface area contributed by atoms with Crippen molar-refractivity contribution in [2.24, 2.45) is 0 Å². The highest BCUT2D eigenvalue weighted by Crippen LogP contribution is 2.30. The number of ether oxygens (including phenoxy) is 2. The van der Waals surface area contributed by atoms with Crippen LogP contribution in [-0.2, 0) is 13.2 Å². The monoisotopic (exact) mass is 382 g/mol. The van der Waals surface area contributed by atoms with Crippen LogP contribution < -0.4 is 19.7 Å². The Hall–Kier alpha value is -1.82. The van der Waals surface area contributed by atoms with Crippen molar-refractivity contribution in [1.29, 1.82) is 0 Å². The molecule has 0 aliphatic heterocycles. The van der Waals surface area contributed by atoms with Crippen LogP contribution >= 0.6 is 11.6 Å². The highest BCUT2D eigenvalue weighted by atomic mass is 35.5. The Labute approximate surface area is 159 Å². The molecule has 0 atom stereocenters. The number of methoxy groups -OCH3 is 1. The molecule has 0 aromatic heterocycles. The molecule has 0 aliphatic carbocycles. The molecule has 0 bridgehead atoms. The van der Waals surface area contributed by atoms with Gasteiger partial charge < -0.3 is 19.7 Å². The van der Waals surface area contributed by atoms with E-state index in [2.05, 4.69) is 19.4 Å². The summed E-state index contributed by atoms with van der Waals surface area (Å²) >= 11 is 6.04. The van der Waals surface area contributed by atoms with Crippen LogP contribution in [0.1, 0.15) is 17.5 Å². The molecule has 6 heteroatoms. The topological polar surface area (TPSA) is 39.5 Å². The Morgan fingerprint density at radius 3 is 2.65 bits per heavy atom. The molecule has 0 heterocycles. The molecule has 0 saturated heterocycles. The largest absolute Gasteiger partial charge is 0.493 e. The third-order valence-electron chi connectivity index (χ3n) is 4.13. The summed E-state index contributed by atoms with van der Waals surface area (Å²) in [7, 11) is 5.93. The zero-order valence-corrected chi connectivity index (χ0v) is 16.4. The van der Waals surface area contributed by atoms with Crippen LogP contribution in [0, 0.1) is 5.82 Å². The van der Waals surface area contributed by atoms with Crippen molar-refractivity contribution in [3.05, 3.63) is 58.4 Å². The lowest BCUT2D eigenvalue weighted by Gasteiger charge is -2.13. The average molecular weight is 383 g/mol. The van der Waals surface area contributed by atoms with Crippen molar-refractivity contribution in [2.45, 2.75) is 19.6 Å². The van der Waals surface area contributed by atoms with Gasteiger partial charge >= 0.3 is 0 Å². The van der Waals surface area contributed by atoms with Gasteiger partial charge in [0.1, 0.15) is 19.0 Å². The summed E-state index contributed by atoms with van der Waals surface area (Å²) in [4.78, 5) is 1.47. The minimum absolute atomic E-state index is 0.0558. The molecule has 2 aromatic rings. The first-order chi connectivity index (χ1) is 12.5. The second kappa shape index (κ2) is 10.4. The molecular weight excluding hydrogens is 355 g/mol. The number of hydrogen-bond acceptors (Lipinski definition) is 2. The van der Waals surface area contributed by atoms with Gasteiger partial charge in [-0.25, -0.2) is 4.39 Å². The van der Waals surface area contributed by atoms with Crippen LogP contribution in [0.3, 0.4) is 0 Å². The number of rotatable bonds is 10. The van der Waals surface area contributed by atoms with Gasteiger partial charge in [-0.2, -0.15) is 0 Å². The third-order valence-corrected chi connectivity index (χ3v) is 4.48. The van der Waals surface area contributed by atoms with Gasteiger partial charge in [0.2, 0.25) is 0 Å². The van der Waals surface area contributed by atoms with Crippen molar-refractivity contribution in [1.82, 2.24) is 0 Å². The first kappa shape index (κ1) is 20.5. The zero-order valence-electron chi connectivity index (χ0n) is 15.6. The van der Waals surface area contributed by atoms with Crippen LogP contribution in [0.5, 0.6) is 11.5 Å². The Bertz CT molecular complexity index is 690. The summed E-state index contributed by atoms with van der Waals surface area (Å²) in [5.41, 5.74) is 1.51. The first-order valence-corrected chi connectivity index (χ1v) is 9.22. The molecule has 0 aliphatic rings. The van der Waals surface area contributed by atoms with Crippen LogP contribution in [0.15, 0.2) is 36.4 Å². The molecule has 3 N–H and O–H groups in total. The summed E-state index contributed by atoms with van der Waals surface area (Å²) in [5.74, 6) is 0.843. The summed E-state index contributed by atoms with van der Waals surface area (Å²) < 4.78 is 25.0. The van der Waals surface area contributed by atoms with Crippen molar-refractivity contribution in [2.75, 3.05) is 34.3 Å². The van der Waals surface area contributed by atoms with Gasteiger partial charge in [0.25, 0.3) is 0 Å². The Kier molecular flexibility index (Phi) is 8.16. The fourth-order valence-corrected chi connectivity index (χ4v) is 2.86. The Balaban J connectivity index is 1.93. The highest BCUT2D eigenvalue weighted by molar-refractivity contribution is 6.31. The number of benzene rings is 2. The van der Waals surface area contributed by atoms with Crippen molar-refractivity contribution >= 4 is 11.6 Å². The molecule has 0 radical (unpaired) electrons. The summed E-state index contributed by atoms with van der Waals surface area (Å²) in [6.45, 7) is 3.21. The smallest absolute Gasteiger partial charge is 0.161 e. The van der Waals surface area contributed by atoms with Crippen molar-refractivity contribution in [3.63, 3.8) is 0 Å². The lowest BCUT2D eigenvalue weighted by molar-refractivity contribution is -0.860. The third kappa shape index (κ3) is 6.16. The zero-order chi connectivity index (χ0) is 18.9. The molecule has 0 amide bonds. The van der Waals surface area contributed by atoms with Gasteiger partial charge in [-0.15, -0.1) is 0 Å². The predicted octanol–water partition coefficient (Wildman–Crippen LogP) is 1.66. The van der Waals surface area contributed by atoms with E-state index in [0.29, 0.717) is 22.1 Å². The van der Waals surface area contributed by atoms with E-state index in [0.717, 1.165) is 18.7 Å². The minimum Gasteiger partial charge on any atom is -0.493 e. The Morgan fingerprint density at radius 2 is 1.96 bits per heavy atom. The lowest BCUT2D eigenvalue weighted by Crippen LogP contribution is -3.06. The molecule has 2 rings (SSSR count). The van der Waals surface area contributed by atoms with E-state index in [1.807, 2.05) is 18.2 Å². The maximum absolute atomic E-state index is 13.9. The predicted molar refractivity (Wildman–Crippen MR) is 102 cm³/mol. The molecule has 4 nitrogen and oxygen atoms in total.